The number of hydrogen-bond donors (Lipinski definition) is 2. The lowest BCUT2D eigenvalue weighted by molar-refractivity contribution is 0.210. The minimum atomic E-state index is 0.303. The summed E-state index contributed by atoms with van der Waals surface area (Å²) < 4.78 is 6.14. The highest BCUT2D eigenvalue weighted by atomic mass is 16.5. The van der Waals surface area contributed by atoms with Gasteiger partial charge in [0.05, 0.1) is 12.1 Å². The molecule has 1 aliphatic carbocycles. The third-order valence-electron chi connectivity index (χ3n) is 5.31. The number of fused-ring (bicyclic) bond motifs is 1. The first-order chi connectivity index (χ1) is 12.8. The van der Waals surface area contributed by atoms with Crippen LogP contribution in [0.5, 0.6) is 11.5 Å². The molecule has 0 radical (unpaired) electrons. The van der Waals surface area contributed by atoms with Gasteiger partial charge in [-0.05, 0) is 55.0 Å². The molecule has 26 heavy (non-hydrogen) atoms. The first-order valence-corrected chi connectivity index (χ1v) is 9.66. The fourth-order valence-electron chi connectivity index (χ4n) is 3.78. The predicted molar refractivity (Wildman–Crippen MR) is 104 cm³/mol. The van der Waals surface area contributed by atoms with Crippen molar-refractivity contribution in [3.63, 3.8) is 0 Å². The summed E-state index contributed by atoms with van der Waals surface area (Å²) >= 11 is 0. The van der Waals surface area contributed by atoms with E-state index < -0.39 is 0 Å². The van der Waals surface area contributed by atoms with E-state index in [1.165, 1.54) is 37.7 Å². The Balaban J connectivity index is 1.43. The summed E-state index contributed by atoms with van der Waals surface area (Å²) in [5.74, 6) is 2.85. The van der Waals surface area contributed by atoms with Crippen molar-refractivity contribution in [3.05, 3.63) is 53.9 Å². The number of ether oxygens (including phenoxy) is 1. The van der Waals surface area contributed by atoms with Gasteiger partial charge in [0.15, 0.2) is 0 Å². The van der Waals surface area contributed by atoms with Gasteiger partial charge in [0.1, 0.15) is 22.8 Å². The molecule has 0 saturated heterocycles. The molecule has 4 heteroatoms. The standard InChI is InChI=1S/C22H26N2O2/c25-18-12-9-16(10-13-18)11-14-21-23-19-7-4-8-20(22(19)24-21)26-15-17-5-2-1-3-6-17/h4,7-10,12-13,17,25H,1-3,5-6,11,14-15H2,(H,23,24). The SMILES string of the molecule is Oc1ccc(CCc2nc3c(OCC4CCCCC4)cccc3[nH]2)cc1. The van der Waals surface area contributed by atoms with Crippen molar-refractivity contribution in [2.75, 3.05) is 6.61 Å². The van der Waals surface area contributed by atoms with E-state index in [-0.39, 0.29) is 0 Å². The Labute approximate surface area is 154 Å². The monoisotopic (exact) mass is 350 g/mol. The number of rotatable bonds is 6. The topological polar surface area (TPSA) is 58.1 Å². The molecule has 0 aliphatic heterocycles. The van der Waals surface area contributed by atoms with Crippen LogP contribution < -0.4 is 4.74 Å². The molecule has 0 amide bonds. The number of nitrogens with zero attached hydrogens (tertiary/aromatic N) is 1. The summed E-state index contributed by atoms with van der Waals surface area (Å²) in [6.45, 7) is 0.800. The average Bonchev–Trinajstić information content (AvgIpc) is 3.10. The Morgan fingerprint density at radius 2 is 1.81 bits per heavy atom. The van der Waals surface area contributed by atoms with Crippen LogP contribution in [-0.2, 0) is 12.8 Å². The molecule has 4 nitrogen and oxygen atoms in total. The molecule has 3 aromatic rings. The minimum absolute atomic E-state index is 0.303. The number of H-pyrrole nitrogens is 1. The van der Waals surface area contributed by atoms with Gasteiger partial charge in [-0.3, -0.25) is 0 Å². The van der Waals surface area contributed by atoms with Crippen LogP contribution in [0.25, 0.3) is 11.0 Å². The highest BCUT2D eigenvalue weighted by Gasteiger charge is 2.15. The van der Waals surface area contributed by atoms with Crippen molar-refractivity contribution < 1.29 is 9.84 Å². The maximum atomic E-state index is 9.38. The molecule has 1 saturated carbocycles. The first kappa shape index (κ1) is 17.0. The van der Waals surface area contributed by atoms with Crippen molar-refractivity contribution in [1.82, 2.24) is 9.97 Å². The zero-order valence-corrected chi connectivity index (χ0v) is 15.1. The van der Waals surface area contributed by atoms with Crippen LogP contribution in [-0.4, -0.2) is 21.7 Å². The van der Waals surface area contributed by atoms with Crippen LogP contribution in [0.1, 0.15) is 43.5 Å². The number of phenols is 1. The Bertz CT molecular complexity index is 848. The predicted octanol–water partition coefficient (Wildman–Crippen LogP) is 5.01. The second kappa shape index (κ2) is 7.81. The van der Waals surface area contributed by atoms with E-state index in [4.69, 9.17) is 9.72 Å². The first-order valence-electron chi connectivity index (χ1n) is 9.66. The smallest absolute Gasteiger partial charge is 0.147 e. The lowest BCUT2D eigenvalue weighted by Gasteiger charge is -2.21. The summed E-state index contributed by atoms with van der Waals surface area (Å²) in [7, 11) is 0. The van der Waals surface area contributed by atoms with Crippen LogP contribution in [0.2, 0.25) is 0 Å². The lowest BCUT2D eigenvalue weighted by Crippen LogP contribution is -2.15. The van der Waals surface area contributed by atoms with Crippen molar-refractivity contribution >= 4 is 11.0 Å². The van der Waals surface area contributed by atoms with E-state index in [1.807, 2.05) is 24.3 Å². The second-order valence-corrected chi connectivity index (χ2v) is 7.32. The molecule has 1 fully saturated rings. The normalized spacial score (nSPS) is 15.4. The Morgan fingerprint density at radius 1 is 1.00 bits per heavy atom. The van der Waals surface area contributed by atoms with Gasteiger partial charge >= 0.3 is 0 Å². The van der Waals surface area contributed by atoms with E-state index in [0.29, 0.717) is 11.7 Å². The van der Waals surface area contributed by atoms with E-state index in [1.54, 1.807) is 12.1 Å². The summed E-state index contributed by atoms with van der Waals surface area (Å²) in [4.78, 5) is 8.19. The summed E-state index contributed by atoms with van der Waals surface area (Å²) in [5, 5.41) is 9.38. The average molecular weight is 350 g/mol. The summed E-state index contributed by atoms with van der Waals surface area (Å²) in [5.41, 5.74) is 3.16. The Kier molecular flexibility index (Phi) is 5.09. The second-order valence-electron chi connectivity index (χ2n) is 7.32. The van der Waals surface area contributed by atoms with Gasteiger partial charge in [-0.25, -0.2) is 4.98 Å². The number of aromatic hydroxyl groups is 1. The molecular formula is C22H26N2O2. The number of phenolic OH excluding ortho intramolecular Hbond substituents is 1. The number of benzene rings is 2. The number of aromatic amines is 1. The minimum Gasteiger partial charge on any atom is -0.508 e. The maximum absolute atomic E-state index is 9.38. The van der Waals surface area contributed by atoms with Crippen molar-refractivity contribution in [2.45, 2.75) is 44.9 Å². The van der Waals surface area contributed by atoms with Gasteiger partial charge in [-0.15, -0.1) is 0 Å². The molecule has 1 heterocycles. The third-order valence-corrected chi connectivity index (χ3v) is 5.31. The van der Waals surface area contributed by atoms with E-state index in [2.05, 4.69) is 11.1 Å². The molecule has 2 aromatic carbocycles. The van der Waals surface area contributed by atoms with Gasteiger partial charge in [0, 0.05) is 6.42 Å². The quantitative estimate of drug-likeness (QED) is 0.657. The molecule has 136 valence electrons. The zero-order chi connectivity index (χ0) is 17.8. The van der Waals surface area contributed by atoms with Crippen molar-refractivity contribution in [1.29, 1.82) is 0 Å². The fourth-order valence-corrected chi connectivity index (χ4v) is 3.78. The molecule has 0 unspecified atom stereocenters. The molecule has 0 bridgehead atoms. The number of para-hydroxylation sites is 1. The van der Waals surface area contributed by atoms with E-state index in [9.17, 15) is 5.11 Å². The van der Waals surface area contributed by atoms with Gasteiger partial charge in [0.25, 0.3) is 0 Å². The van der Waals surface area contributed by atoms with Crippen LogP contribution >= 0.6 is 0 Å². The van der Waals surface area contributed by atoms with Crippen LogP contribution in [0.4, 0.5) is 0 Å². The molecule has 2 N–H and O–H groups in total. The van der Waals surface area contributed by atoms with Gasteiger partial charge in [-0.2, -0.15) is 0 Å². The molecule has 1 aromatic heterocycles. The van der Waals surface area contributed by atoms with Crippen molar-refractivity contribution in [3.8, 4) is 11.5 Å². The Hall–Kier alpha value is -2.49. The van der Waals surface area contributed by atoms with Gasteiger partial charge in [0.2, 0.25) is 0 Å². The largest absolute Gasteiger partial charge is 0.508 e. The Morgan fingerprint density at radius 3 is 2.62 bits per heavy atom. The number of aromatic nitrogens is 2. The molecule has 0 spiro atoms. The molecule has 0 atom stereocenters. The third kappa shape index (κ3) is 4.01. The maximum Gasteiger partial charge on any atom is 0.147 e. The molecule has 4 rings (SSSR count). The van der Waals surface area contributed by atoms with E-state index >= 15 is 0 Å². The van der Waals surface area contributed by atoms with Gasteiger partial charge in [-0.1, -0.05) is 37.5 Å². The highest BCUT2D eigenvalue weighted by molar-refractivity contribution is 5.81. The highest BCUT2D eigenvalue weighted by Crippen LogP contribution is 2.28. The van der Waals surface area contributed by atoms with E-state index in [0.717, 1.165) is 42.1 Å². The molecular weight excluding hydrogens is 324 g/mol. The molecule has 1 aliphatic rings. The number of imidazole rings is 1. The number of nitrogens with one attached hydrogen (secondary N) is 1. The van der Waals surface area contributed by atoms with Crippen molar-refractivity contribution in [2.24, 2.45) is 5.92 Å². The zero-order valence-electron chi connectivity index (χ0n) is 15.1. The number of hydrogen-bond acceptors (Lipinski definition) is 3. The summed E-state index contributed by atoms with van der Waals surface area (Å²) in [6.07, 6.45) is 8.34. The van der Waals surface area contributed by atoms with Crippen LogP contribution in [0.3, 0.4) is 0 Å². The number of aryl methyl sites for hydroxylation is 2. The lowest BCUT2D eigenvalue weighted by atomic mass is 9.90. The summed E-state index contributed by atoms with van der Waals surface area (Å²) in [6, 6.07) is 13.5. The van der Waals surface area contributed by atoms with Gasteiger partial charge < -0.3 is 14.8 Å². The van der Waals surface area contributed by atoms with Crippen LogP contribution in [0, 0.1) is 5.92 Å². The fraction of sp³-hybridized carbons (Fsp3) is 0.409. The van der Waals surface area contributed by atoms with Crippen LogP contribution in [0.15, 0.2) is 42.5 Å².